The van der Waals surface area contributed by atoms with Crippen LogP contribution in [-0.2, 0) is 17.4 Å². The summed E-state index contributed by atoms with van der Waals surface area (Å²) in [5, 5.41) is 4.15. The third-order valence-electron chi connectivity index (χ3n) is 4.59. The van der Waals surface area contributed by atoms with E-state index in [9.17, 15) is 18.0 Å². The minimum atomic E-state index is -4.55. The second-order valence-corrected chi connectivity index (χ2v) is 7.57. The predicted molar refractivity (Wildman–Crippen MR) is 113 cm³/mol. The smallest absolute Gasteiger partial charge is 0.418 e. The van der Waals surface area contributed by atoms with Gasteiger partial charge in [-0.3, -0.25) is 9.20 Å². The van der Waals surface area contributed by atoms with E-state index in [1.54, 1.807) is 9.78 Å². The van der Waals surface area contributed by atoms with Gasteiger partial charge < -0.3 is 10.1 Å². The van der Waals surface area contributed by atoms with Crippen molar-refractivity contribution in [2.45, 2.75) is 19.5 Å². The van der Waals surface area contributed by atoms with Crippen LogP contribution in [0, 0.1) is 0 Å². The van der Waals surface area contributed by atoms with Crippen molar-refractivity contribution in [3.8, 4) is 17.0 Å². The third-order valence-corrected chi connectivity index (χ3v) is 5.48. The molecule has 0 saturated carbocycles. The number of benzene rings is 2. The zero-order valence-corrected chi connectivity index (χ0v) is 17.3. The van der Waals surface area contributed by atoms with Gasteiger partial charge in [0.2, 0.25) is 5.91 Å². The van der Waals surface area contributed by atoms with Crippen LogP contribution < -0.4 is 10.1 Å². The van der Waals surface area contributed by atoms with Gasteiger partial charge >= 0.3 is 6.18 Å². The van der Waals surface area contributed by atoms with Crippen molar-refractivity contribution in [1.29, 1.82) is 0 Å². The number of ether oxygens (including phenoxy) is 1. The van der Waals surface area contributed by atoms with Crippen molar-refractivity contribution < 1.29 is 22.7 Å². The number of aromatic nitrogens is 2. The maximum atomic E-state index is 13.1. The van der Waals surface area contributed by atoms with Crippen molar-refractivity contribution >= 4 is 27.9 Å². The number of para-hydroxylation sites is 1. The van der Waals surface area contributed by atoms with Gasteiger partial charge in [0.15, 0.2) is 4.96 Å². The number of nitrogens with zero attached hydrogens (tertiary/aromatic N) is 2. The molecule has 2 aromatic heterocycles. The topological polar surface area (TPSA) is 55.6 Å². The Morgan fingerprint density at radius 1 is 1.16 bits per heavy atom. The number of fused-ring (bicyclic) bond motifs is 1. The zero-order valence-electron chi connectivity index (χ0n) is 16.4. The molecular formula is C22H18F3N3O2S. The van der Waals surface area contributed by atoms with E-state index in [1.807, 2.05) is 37.4 Å². The Balaban J connectivity index is 1.53. The number of nitrogens with one attached hydrogen (secondary N) is 1. The molecule has 0 aliphatic heterocycles. The Kier molecular flexibility index (Phi) is 5.69. The first kappa shape index (κ1) is 20.9. The maximum absolute atomic E-state index is 13.1. The molecule has 0 saturated heterocycles. The van der Waals surface area contributed by atoms with E-state index < -0.39 is 17.6 Å². The molecule has 0 radical (unpaired) electrons. The summed E-state index contributed by atoms with van der Waals surface area (Å²) in [6.45, 7) is 2.50. The molecule has 0 aliphatic carbocycles. The molecule has 160 valence electrons. The normalized spacial score (nSPS) is 11.6. The number of carbonyl (C=O) groups excluding carboxylic acids is 1. The monoisotopic (exact) mass is 445 g/mol. The highest BCUT2D eigenvalue weighted by atomic mass is 32.1. The van der Waals surface area contributed by atoms with Gasteiger partial charge in [-0.15, -0.1) is 11.3 Å². The second kappa shape index (κ2) is 8.43. The molecular weight excluding hydrogens is 427 g/mol. The van der Waals surface area contributed by atoms with Gasteiger partial charge in [-0.25, -0.2) is 4.98 Å². The van der Waals surface area contributed by atoms with Gasteiger partial charge in [0, 0.05) is 22.8 Å². The SMILES string of the molecule is CCOc1ccc(-c2cn3c(CC(=O)Nc4ccccc4C(F)(F)F)csc3n2)cc1. The first-order valence-electron chi connectivity index (χ1n) is 9.50. The number of rotatable bonds is 6. The summed E-state index contributed by atoms with van der Waals surface area (Å²) in [6, 6.07) is 12.4. The Labute approximate surface area is 180 Å². The highest BCUT2D eigenvalue weighted by Crippen LogP contribution is 2.34. The minimum Gasteiger partial charge on any atom is -0.494 e. The summed E-state index contributed by atoms with van der Waals surface area (Å²) in [6.07, 6.45) is -2.81. The van der Waals surface area contributed by atoms with Gasteiger partial charge in [0.1, 0.15) is 5.75 Å². The fourth-order valence-electron chi connectivity index (χ4n) is 3.18. The van der Waals surface area contributed by atoms with Crippen LogP contribution in [0.2, 0.25) is 0 Å². The predicted octanol–water partition coefficient (Wildman–Crippen LogP) is 5.66. The first-order chi connectivity index (χ1) is 14.8. The number of halogens is 3. The first-order valence-corrected chi connectivity index (χ1v) is 10.4. The lowest BCUT2D eigenvalue weighted by molar-refractivity contribution is -0.137. The van der Waals surface area contributed by atoms with Gasteiger partial charge in [-0.1, -0.05) is 12.1 Å². The summed E-state index contributed by atoms with van der Waals surface area (Å²) in [4.78, 5) is 17.7. The number of anilines is 1. The number of hydrogen-bond donors (Lipinski definition) is 1. The van der Waals surface area contributed by atoms with Crippen LogP contribution >= 0.6 is 11.3 Å². The van der Waals surface area contributed by atoms with Crippen LogP contribution in [0.25, 0.3) is 16.2 Å². The zero-order chi connectivity index (χ0) is 22.0. The lowest BCUT2D eigenvalue weighted by Crippen LogP contribution is -2.18. The maximum Gasteiger partial charge on any atom is 0.418 e. The fraction of sp³-hybridized carbons (Fsp3) is 0.182. The Hall–Kier alpha value is -3.33. The summed E-state index contributed by atoms with van der Waals surface area (Å²) in [5.41, 5.74) is 1.14. The largest absolute Gasteiger partial charge is 0.494 e. The van der Waals surface area contributed by atoms with Crippen LogP contribution in [-0.4, -0.2) is 21.9 Å². The van der Waals surface area contributed by atoms with Gasteiger partial charge in [-0.05, 0) is 43.3 Å². The van der Waals surface area contributed by atoms with Crippen LogP contribution in [0.3, 0.4) is 0 Å². The van der Waals surface area contributed by atoms with Crippen molar-refractivity contribution in [2.24, 2.45) is 0 Å². The molecule has 2 aromatic carbocycles. The Morgan fingerprint density at radius 3 is 2.61 bits per heavy atom. The van der Waals surface area contributed by atoms with Crippen LogP contribution in [0.15, 0.2) is 60.1 Å². The van der Waals surface area contributed by atoms with Gasteiger partial charge in [0.25, 0.3) is 0 Å². The molecule has 0 unspecified atom stereocenters. The molecule has 1 amide bonds. The van der Waals surface area contributed by atoms with E-state index in [-0.39, 0.29) is 12.1 Å². The number of imidazole rings is 1. The standard InChI is InChI=1S/C22H18F3N3O2S/c1-2-30-16-9-7-14(8-10-16)19-12-28-15(13-31-21(28)27-19)11-20(29)26-18-6-4-3-5-17(18)22(23,24)25/h3-10,12-13H,2,11H2,1H3,(H,26,29). The number of carbonyl (C=O) groups is 1. The average Bonchev–Trinajstić information content (AvgIpc) is 3.30. The second-order valence-electron chi connectivity index (χ2n) is 6.73. The quantitative estimate of drug-likeness (QED) is 0.417. The van der Waals surface area contributed by atoms with Crippen molar-refractivity contribution in [3.63, 3.8) is 0 Å². The molecule has 0 fully saturated rings. The number of hydrogen-bond acceptors (Lipinski definition) is 4. The van der Waals surface area contributed by atoms with Crippen molar-refractivity contribution in [2.75, 3.05) is 11.9 Å². The summed E-state index contributed by atoms with van der Waals surface area (Å²) >= 11 is 1.36. The number of alkyl halides is 3. The lowest BCUT2D eigenvalue weighted by Gasteiger charge is -2.13. The molecule has 1 N–H and O–H groups in total. The molecule has 4 rings (SSSR count). The fourth-order valence-corrected chi connectivity index (χ4v) is 4.06. The molecule has 0 atom stereocenters. The van der Waals surface area contributed by atoms with E-state index in [1.165, 1.54) is 29.5 Å². The van der Waals surface area contributed by atoms with E-state index in [0.717, 1.165) is 23.1 Å². The molecule has 4 aromatic rings. The highest BCUT2D eigenvalue weighted by molar-refractivity contribution is 7.15. The van der Waals surface area contributed by atoms with Crippen LogP contribution in [0.4, 0.5) is 18.9 Å². The van der Waals surface area contributed by atoms with E-state index in [4.69, 9.17) is 4.74 Å². The average molecular weight is 445 g/mol. The molecule has 0 aliphatic rings. The van der Waals surface area contributed by atoms with E-state index in [2.05, 4.69) is 10.3 Å². The molecule has 9 heteroatoms. The Morgan fingerprint density at radius 2 is 1.90 bits per heavy atom. The highest BCUT2D eigenvalue weighted by Gasteiger charge is 2.33. The van der Waals surface area contributed by atoms with Crippen molar-refractivity contribution in [1.82, 2.24) is 9.38 Å². The molecule has 2 heterocycles. The molecule has 0 bridgehead atoms. The van der Waals surface area contributed by atoms with Gasteiger partial charge in [-0.2, -0.15) is 13.2 Å². The van der Waals surface area contributed by atoms with Gasteiger partial charge in [0.05, 0.1) is 30.0 Å². The van der Waals surface area contributed by atoms with Crippen molar-refractivity contribution in [3.05, 3.63) is 71.4 Å². The Bertz CT molecular complexity index is 1210. The lowest BCUT2D eigenvalue weighted by atomic mass is 10.1. The number of thiazole rings is 1. The molecule has 31 heavy (non-hydrogen) atoms. The van der Waals surface area contributed by atoms with Crippen LogP contribution in [0.5, 0.6) is 5.75 Å². The number of amides is 1. The summed E-state index contributed by atoms with van der Waals surface area (Å²) in [5.74, 6) is 0.233. The third kappa shape index (κ3) is 4.56. The molecule has 0 spiro atoms. The molecule has 5 nitrogen and oxygen atoms in total. The summed E-state index contributed by atoms with van der Waals surface area (Å²) in [7, 11) is 0. The minimum absolute atomic E-state index is 0.0781. The summed E-state index contributed by atoms with van der Waals surface area (Å²) < 4.78 is 46.7. The van der Waals surface area contributed by atoms with E-state index in [0.29, 0.717) is 17.3 Å². The van der Waals surface area contributed by atoms with E-state index >= 15 is 0 Å². The van der Waals surface area contributed by atoms with Crippen LogP contribution in [0.1, 0.15) is 18.2 Å².